The van der Waals surface area contributed by atoms with Crippen LogP contribution in [0, 0.1) is 13.8 Å². The fraction of sp³-hybridized carbons (Fsp3) is 0.353. The van der Waals surface area contributed by atoms with Crippen LogP contribution < -0.4 is 10.2 Å². The Labute approximate surface area is 254 Å². The molecule has 3 aromatic rings. The number of aryl methyl sites for hydroxylation is 2. The van der Waals surface area contributed by atoms with E-state index in [-0.39, 0.29) is 25.7 Å². The molecule has 0 aromatic carbocycles. The fourth-order valence-corrected chi connectivity index (χ4v) is 6.31. The SMILES string of the molecule is CC1=C(CCC(=O)[O-])c2cc3nc(cc4[nH]c(cc5[nH]c(cc1n2)c(C)c5C(C)O)c(C)c4C(C)O)C(C)=C3CCC(=O)[O-]. The van der Waals surface area contributed by atoms with E-state index in [1.807, 2.05) is 45.9 Å². The average molecular weight is 597 g/mol. The van der Waals surface area contributed by atoms with Gasteiger partial charge < -0.3 is 40.0 Å². The number of hydrogen-bond donors (Lipinski definition) is 4. The number of aliphatic carboxylic acids is 2. The first kappa shape index (κ1) is 30.9. The van der Waals surface area contributed by atoms with Crippen LogP contribution in [0.25, 0.3) is 44.4 Å². The van der Waals surface area contributed by atoms with Crippen molar-refractivity contribution in [2.75, 3.05) is 0 Å². The lowest BCUT2D eigenvalue weighted by Crippen LogP contribution is -2.21. The van der Waals surface area contributed by atoms with Gasteiger partial charge in [-0.1, -0.05) is 0 Å². The molecule has 0 spiro atoms. The van der Waals surface area contributed by atoms with Gasteiger partial charge in [0.05, 0.1) is 35.0 Å². The standard InChI is InChI=1S/C34H38N4O6/c1-15-21(7-9-31(41)42)27-14-28-22(8-10-32(43)44)16(2)24(36-28)12-29-34(20(6)40)18(4)26(38-29)13-30-33(19(5)39)17(3)25(37-30)11-23(15)35-27/h11-14,19-20,37-40H,7-10H2,1-6H3,(H,41,42)(H,43,44)/p-2. The molecule has 5 rings (SSSR count). The monoisotopic (exact) mass is 596 g/mol. The topological polar surface area (TPSA) is 178 Å². The maximum atomic E-state index is 11.4. The van der Waals surface area contributed by atoms with E-state index in [9.17, 15) is 30.0 Å². The van der Waals surface area contributed by atoms with Crippen molar-refractivity contribution < 1.29 is 30.0 Å². The molecule has 2 aliphatic heterocycles. The third kappa shape index (κ3) is 5.70. The van der Waals surface area contributed by atoms with Crippen molar-refractivity contribution in [2.45, 2.75) is 79.4 Å². The van der Waals surface area contributed by atoms with E-state index < -0.39 is 24.1 Å². The van der Waals surface area contributed by atoms with Gasteiger partial charge in [0.25, 0.3) is 0 Å². The molecule has 0 saturated heterocycles. The Morgan fingerprint density at radius 2 is 1.05 bits per heavy atom. The van der Waals surface area contributed by atoms with E-state index in [0.717, 1.165) is 50.0 Å². The van der Waals surface area contributed by atoms with E-state index in [1.165, 1.54) is 0 Å². The molecule has 10 nitrogen and oxygen atoms in total. The number of nitrogens with zero attached hydrogens (tertiary/aromatic N) is 2. The van der Waals surface area contributed by atoms with E-state index >= 15 is 0 Å². The van der Waals surface area contributed by atoms with Crippen molar-refractivity contribution in [1.82, 2.24) is 19.9 Å². The summed E-state index contributed by atoms with van der Waals surface area (Å²) in [4.78, 5) is 39.5. The van der Waals surface area contributed by atoms with Crippen molar-refractivity contribution >= 4 is 56.3 Å². The van der Waals surface area contributed by atoms with Crippen LogP contribution in [0.5, 0.6) is 0 Å². The predicted molar refractivity (Wildman–Crippen MR) is 165 cm³/mol. The van der Waals surface area contributed by atoms with E-state index in [0.29, 0.717) is 39.4 Å². The highest BCUT2D eigenvalue weighted by Gasteiger charge is 2.23. The summed E-state index contributed by atoms with van der Waals surface area (Å²) in [5, 5.41) is 44.4. The summed E-state index contributed by atoms with van der Waals surface area (Å²) in [7, 11) is 0. The number of carbonyl (C=O) groups excluding carboxylic acids is 2. The van der Waals surface area contributed by atoms with E-state index in [2.05, 4.69) is 9.97 Å². The first-order valence-corrected chi connectivity index (χ1v) is 14.7. The third-order valence-electron chi connectivity index (χ3n) is 8.63. The van der Waals surface area contributed by atoms with Gasteiger partial charge in [0.1, 0.15) is 0 Å². The Balaban J connectivity index is 1.95. The Morgan fingerprint density at radius 3 is 1.45 bits per heavy atom. The molecular formula is C34H36N4O6-2. The fourth-order valence-electron chi connectivity index (χ4n) is 6.31. The summed E-state index contributed by atoms with van der Waals surface area (Å²) in [6.45, 7) is 11.0. The van der Waals surface area contributed by atoms with Crippen molar-refractivity contribution in [2.24, 2.45) is 0 Å². The second kappa shape index (κ2) is 11.9. The van der Waals surface area contributed by atoms with Gasteiger partial charge in [-0.05, 0) is 125 Å². The zero-order chi connectivity index (χ0) is 32.0. The van der Waals surface area contributed by atoms with E-state index in [4.69, 9.17) is 9.97 Å². The largest absolute Gasteiger partial charge is 0.550 e. The highest BCUT2D eigenvalue weighted by Crippen LogP contribution is 2.38. The van der Waals surface area contributed by atoms with Crippen LogP contribution in [0.4, 0.5) is 0 Å². The molecule has 3 aromatic heterocycles. The number of hydrogen-bond acceptors (Lipinski definition) is 8. The van der Waals surface area contributed by atoms with Crippen LogP contribution in [0.3, 0.4) is 0 Å². The number of rotatable bonds is 8. The first-order chi connectivity index (χ1) is 20.8. The summed E-state index contributed by atoms with van der Waals surface area (Å²) in [6.07, 6.45) is -1.59. The van der Waals surface area contributed by atoms with Crippen LogP contribution >= 0.6 is 0 Å². The van der Waals surface area contributed by atoms with Gasteiger partial charge in [0.2, 0.25) is 0 Å². The highest BCUT2D eigenvalue weighted by molar-refractivity contribution is 5.96. The second-order valence-corrected chi connectivity index (χ2v) is 11.6. The number of H-pyrrole nitrogens is 2. The molecular weight excluding hydrogens is 560 g/mol. The lowest BCUT2D eigenvalue weighted by molar-refractivity contribution is -0.306. The van der Waals surface area contributed by atoms with Crippen molar-refractivity contribution in [3.05, 3.63) is 69.3 Å². The molecule has 2 atom stereocenters. The Morgan fingerprint density at radius 1 is 0.659 bits per heavy atom. The number of aromatic nitrogens is 4. The number of carbonyl (C=O) groups is 2. The maximum absolute atomic E-state index is 11.4. The molecule has 10 heteroatoms. The number of fused-ring (bicyclic) bond motifs is 8. The lowest BCUT2D eigenvalue weighted by atomic mass is 9.98. The number of carboxylic acid groups (broad SMARTS) is 2. The molecule has 0 fully saturated rings. The van der Waals surface area contributed by atoms with Crippen LogP contribution in [0.1, 0.15) is 111 Å². The molecule has 5 heterocycles. The molecule has 8 bridgehead atoms. The highest BCUT2D eigenvalue weighted by atomic mass is 16.4. The average Bonchev–Trinajstić information content (AvgIpc) is 3.59. The summed E-state index contributed by atoms with van der Waals surface area (Å²) in [5.74, 6) is -2.35. The Kier molecular flexibility index (Phi) is 8.33. The number of allylic oxidation sites excluding steroid dienone is 4. The molecule has 2 aliphatic rings. The van der Waals surface area contributed by atoms with Gasteiger partial charge in [-0.2, -0.15) is 0 Å². The number of aliphatic hydroxyl groups excluding tert-OH is 2. The normalized spacial score (nSPS) is 14.7. The molecule has 0 amide bonds. The lowest BCUT2D eigenvalue weighted by Gasteiger charge is -2.07. The number of aliphatic hydroxyl groups is 2. The van der Waals surface area contributed by atoms with Gasteiger partial charge >= 0.3 is 0 Å². The van der Waals surface area contributed by atoms with Crippen molar-refractivity contribution in [1.29, 1.82) is 0 Å². The van der Waals surface area contributed by atoms with Crippen LogP contribution in [-0.2, 0) is 9.59 Å². The van der Waals surface area contributed by atoms with E-state index in [1.54, 1.807) is 19.9 Å². The van der Waals surface area contributed by atoms with Gasteiger partial charge in [-0.15, -0.1) is 0 Å². The van der Waals surface area contributed by atoms with Gasteiger partial charge in [0.15, 0.2) is 0 Å². The molecule has 0 aliphatic carbocycles. The van der Waals surface area contributed by atoms with Gasteiger partial charge in [-0.25, -0.2) is 9.97 Å². The van der Waals surface area contributed by atoms with Gasteiger partial charge in [0, 0.05) is 45.1 Å². The zero-order valence-electron chi connectivity index (χ0n) is 25.7. The minimum absolute atomic E-state index is 0.187. The second-order valence-electron chi connectivity index (χ2n) is 11.6. The van der Waals surface area contributed by atoms with Crippen molar-refractivity contribution in [3.63, 3.8) is 0 Å². The van der Waals surface area contributed by atoms with Crippen LogP contribution in [-0.4, -0.2) is 42.1 Å². The molecule has 2 unspecified atom stereocenters. The van der Waals surface area contributed by atoms with Crippen LogP contribution in [0.15, 0.2) is 24.3 Å². The molecule has 0 saturated carbocycles. The smallest absolute Gasteiger partial charge is 0.0785 e. The number of carboxylic acids is 2. The molecule has 44 heavy (non-hydrogen) atoms. The van der Waals surface area contributed by atoms with Crippen LogP contribution in [0.2, 0.25) is 0 Å². The zero-order valence-corrected chi connectivity index (χ0v) is 25.7. The minimum atomic E-state index is -1.18. The molecule has 0 radical (unpaired) electrons. The number of aromatic amines is 2. The molecule has 4 N–H and O–H groups in total. The molecule has 230 valence electrons. The Bertz CT molecular complexity index is 1920. The quantitative estimate of drug-likeness (QED) is 0.302. The first-order valence-electron chi connectivity index (χ1n) is 14.7. The van der Waals surface area contributed by atoms with Gasteiger partial charge in [-0.3, -0.25) is 0 Å². The van der Waals surface area contributed by atoms with Crippen molar-refractivity contribution in [3.8, 4) is 0 Å². The number of nitrogens with one attached hydrogen (secondary N) is 2. The summed E-state index contributed by atoms with van der Waals surface area (Å²) < 4.78 is 0. The summed E-state index contributed by atoms with van der Waals surface area (Å²) in [6, 6.07) is 7.41. The minimum Gasteiger partial charge on any atom is -0.550 e. The maximum Gasteiger partial charge on any atom is 0.0785 e. The Hall–Kier alpha value is -4.54. The predicted octanol–water partition coefficient (Wildman–Crippen LogP) is 3.96. The summed E-state index contributed by atoms with van der Waals surface area (Å²) >= 11 is 0. The third-order valence-corrected chi connectivity index (χ3v) is 8.63. The summed E-state index contributed by atoms with van der Waals surface area (Å²) in [5.41, 5.74) is 11.3.